The van der Waals surface area contributed by atoms with E-state index in [2.05, 4.69) is 5.32 Å². The standard InChI is InChI=1S/C13H20N2O2/c1-8-12(17)15(9(2)11(16)14-8)7-13(5-6-13)10-3-4-10/h8-10H,3-7H2,1-2H3,(H,14,16). The van der Waals surface area contributed by atoms with Crippen LogP contribution in [-0.2, 0) is 9.59 Å². The molecule has 1 aliphatic heterocycles. The van der Waals surface area contributed by atoms with Crippen LogP contribution in [0.15, 0.2) is 0 Å². The zero-order valence-corrected chi connectivity index (χ0v) is 10.5. The van der Waals surface area contributed by atoms with E-state index in [-0.39, 0.29) is 23.9 Å². The molecule has 0 radical (unpaired) electrons. The molecule has 3 fully saturated rings. The van der Waals surface area contributed by atoms with Crippen LogP contribution in [0.5, 0.6) is 0 Å². The van der Waals surface area contributed by atoms with Gasteiger partial charge in [0.2, 0.25) is 11.8 Å². The van der Waals surface area contributed by atoms with Gasteiger partial charge in [-0.2, -0.15) is 0 Å². The Kier molecular flexibility index (Phi) is 2.25. The lowest BCUT2D eigenvalue weighted by atomic mass is 9.97. The lowest BCUT2D eigenvalue weighted by molar-refractivity contribution is -0.149. The van der Waals surface area contributed by atoms with Gasteiger partial charge in [0, 0.05) is 6.54 Å². The van der Waals surface area contributed by atoms with E-state index in [0.717, 1.165) is 12.5 Å². The van der Waals surface area contributed by atoms with Crippen molar-refractivity contribution in [1.82, 2.24) is 10.2 Å². The summed E-state index contributed by atoms with van der Waals surface area (Å²) in [5.74, 6) is 0.899. The molecule has 17 heavy (non-hydrogen) atoms. The number of nitrogens with one attached hydrogen (secondary N) is 1. The molecule has 2 atom stereocenters. The highest BCUT2D eigenvalue weighted by molar-refractivity contribution is 5.96. The first-order valence-electron chi connectivity index (χ1n) is 6.64. The van der Waals surface area contributed by atoms with Crippen molar-refractivity contribution < 1.29 is 9.59 Å². The van der Waals surface area contributed by atoms with E-state index in [9.17, 15) is 9.59 Å². The van der Waals surface area contributed by atoms with E-state index >= 15 is 0 Å². The van der Waals surface area contributed by atoms with Gasteiger partial charge in [-0.15, -0.1) is 0 Å². The first-order chi connectivity index (χ1) is 8.03. The van der Waals surface area contributed by atoms with Crippen molar-refractivity contribution in [1.29, 1.82) is 0 Å². The lowest BCUT2D eigenvalue weighted by Gasteiger charge is -2.38. The van der Waals surface area contributed by atoms with E-state index in [1.165, 1.54) is 25.7 Å². The molecule has 3 aliphatic rings. The molecule has 1 N–H and O–H groups in total. The van der Waals surface area contributed by atoms with Crippen LogP contribution in [0.3, 0.4) is 0 Å². The number of rotatable bonds is 3. The Morgan fingerprint density at radius 3 is 2.47 bits per heavy atom. The Morgan fingerprint density at radius 1 is 1.29 bits per heavy atom. The van der Waals surface area contributed by atoms with E-state index < -0.39 is 0 Å². The van der Waals surface area contributed by atoms with Crippen LogP contribution >= 0.6 is 0 Å². The molecular formula is C13H20N2O2. The molecular weight excluding hydrogens is 216 g/mol. The lowest BCUT2D eigenvalue weighted by Crippen LogP contribution is -2.62. The van der Waals surface area contributed by atoms with Crippen molar-refractivity contribution >= 4 is 11.8 Å². The smallest absolute Gasteiger partial charge is 0.245 e. The van der Waals surface area contributed by atoms with Gasteiger partial charge in [-0.05, 0) is 50.9 Å². The number of carbonyl (C=O) groups excluding carboxylic acids is 2. The largest absolute Gasteiger partial charge is 0.343 e. The van der Waals surface area contributed by atoms with Gasteiger partial charge in [0.25, 0.3) is 0 Å². The van der Waals surface area contributed by atoms with Crippen LogP contribution in [0.4, 0.5) is 0 Å². The third-order valence-corrected chi connectivity index (χ3v) is 4.68. The second-order valence-electron chi connectivity index (χ2n) is 6.01. The molecule has 2 amide bonds. The minimum Gasteiger partial charge on any atom is -0.343 e. The van der Waals surface area contributed by atoms with Crippen molar-refractivity contribution in [2.45, 2.75) is 51.6 Å². The fourth-order valence-corrected chi connectivity index (χ4v) is 3.08. The number of amides is 2. The normalized spacial score (nSPS) is 35.8. The minimum atomic E-state index is -0.353. The molecule has 0 spiro atoms. The molecule has 94 valence electrons. The molecule has 4 nitrogen and oxygen atoms in total. The van der Waals surface area contributed by atoms with Gasteiger partial charge in [0.05, 0.1) is 0 Å². The summed E-state index contributed by atoms with van der Waals surface area (Å²) in [6.45, 7) is 4.41. The van der Waals surface area contributed by atoms with Gasteiger partial charge < -0.3 is 10.2 Å². The second-order valence-corrected chi connectivity index (χ2v) is 6.01. The second kappa shape index (κ2) is 3.47. The number of carbonyl (C=O) groups is 2. The summed E-state index contributed by atoms with van der Waals surface area (Å²) in [6.07, 6.45) is 5.12. The molecule has 1 saturated heterocycles. The highest BCUT2D eigenvalue weighted by Crippen LogP contribution is 2.61. The van der Waals surface area contributed by atoms with Crippen molar-refractivity contribution in [3.63, 3.8) is 0 Å². The topological polar surface area (TPSA) is 49.4 Å². The predicted molar refractivity (Wildman–Crippen MR) is 63.2 cm³/mol. The molecule has 0 aromatic heterocycles. The quantitative estimate of drug-likeness (QED) is 0.792. The summed E-state index contributed by atoms with van der Waals surface area (Å²) in [5.41, 5.74) is 0.376. The van der Waals surface area contributed by atoms with Crippen molar-refractivity contribution in [2.75, 3.05) is 6.54 Å². The Labute approximate surface area is 102 Å². The summed E-state index contributed by atoms with van der Waals surface area (Å²) in [4.78, 5) is 25.7. The van der Waals surface area contributed by atoms with E-state index in [1.807, 2.05) is 11.8 Å². The average Bonchev–Trinajstić information content (AvgIpc) is 3.13. The predicted octanol–water partition coefficient (Wildman–Crippen LogP) is 0.912. The number of hydrogen-bond donors (Lipinski definition) is 1. The third-order valence-electron chi connectivity index (χ3n) is 4.68. The van der Waals surface area contributed by atoms with E-state index in [4.69, 9.17) is 0 Å². The molecule has 3 rings (SSSR count). The Balaban J connectivity index is 1.75. The van der Waals surface area contributed by atoms with Crippen LogP contribution in [-0.4, -0.2) is 35.3 Å². The minimum absolute atomic E-state index is 0.0105. The van der Waals surface area contributed by atoms with Gasteiger partial charge in [0.15, 0.2) is 0 Å². The van der Waals surface area contributed by atoms with Gasteiger partial charge in [-0.1, -0.05) is 0 Å². The maximum absolute atomic E-state index is 12.1. The van der Waals surface area contributed by atoms with Crippen molar-refractivity contribution in [3.8, 4) is 0 Å². The number of piperazine rings is 1. The van der Waals surface area contributed by atoms with Gasteiger partial charge >= 0.3 is 0 Å². The Bertz CT molecular complexity index is 372. The zero-order chi connectivity index (χ0) is 12.2. The zero-order valence-electron chi connectivity index (χ0n) is 10.5. The molecule has 0 bridgehead atoms. The summed E-state index contributed by atoms with van der Waals surface area (Å²) < 4.78 is 0. The van der Waals surface area contributed by atoms with Gasteiger partial charge in [-0.3, -0.25) is 9.59 Å². The fourth-order valence-electron chi connectivity index (χ4n) is 3.08. The molecule has 4 heteroatoms. The van der Waals surface area contributed by atoms with Crippen molar-refractivity contribution in [2.24, 2.45) is 11.3 Å². The van der Waals surface area contributed by atoms with E-state index in [0.29, 0.717) is 5.41 Å². The molecule has 0 aromatic rings. The number of nitrogens with zero attached hydrogens (tertiary/aromatic N) is 1. The molecule has 1 heterocycles. The number of hydrogen-bond acceptors (Lipinski definition) is 2. The Hall–Kier alpha value is -1.06. The highest BCUT2D eigenvalue weighted by Gasteiger charge is 2.56. The van der Waals surface area contributed by atoms with Crippen molar-refractivity contribution in [3.05, 3.63) is 0 Å². The van der Waals surface area contributed by atoms with Gasteiger partial charge in [-0.25, -0.2) is 0 Å². The highest BCUT2D eigenvalue weighted by atomic mass is 16.2. The third kappa shape index (κ3) is 1.74. The van der Waals surface area contributed by atoms with Gasteiger partial charge in [0.1, 0.15) is 12.1 Å². The maximum atomic E-state index is 12.1. The molecule has 2 aliphatic carbocycles. The molecule has 2 unspecified atom stereocenters. The van der Waals surface area contributed by atoms with Crippen LogP contribution < -0.4 is 5.32 Å². The SMILES string of the molecule is CC1NC(=O)C(C)N(CC2(C3CC3)CC2)C1=O. The Morgan fingerprint density at radius 2 is 1.94 bits per heavy atom. The van der Waals surface area contributed by atoms with E-state index in [1.54, 1.807) is 6.92 Å². The first kappa shape index (κ1) is 11.1. The molecule has 2 saturated carbocycles. The fraction of sp³-hybridized carbons (Fsp3) is 0.846. The molecule has 0 aromatic carbocycles. The van der Waals surface area contributed by atoms with Crippen LogP contribution in [0.25, 0.3) is 0 Å². The van der Waals surface area contributed by atoms with Crippen LogP contribution in [0, 0.1) is 11.3 Å². The average molecular weight is 236 g/mol. The monoisotopic (exact) mass is 236 g/mol. The summed E-state index contributed by atoms with van der Waals surface area (Å²) in [7, 11) is 0. The summed E-state index contributed by atoms with van der Waals surface area (Å²) >= 11 is 0. The maximum Gasteiger partial charge on any atom is 0.245 e. The summed E-state index contributed by atoms with van der Waals surface area (Å²) in [5, 5.41) is 2.73. The summed E-state index contributed by atoms with van der Waals surface area (Å²) in [6, 6.07) is -0.649. The first-order valence-corrected chi connectivity index (χ1v) is 6.64. The van der Waals surface area contributed by atoms with Crippen LogP contribution in [0.1, 0.15) is 39.5 Å². The van der Waals surface area contributed by atoms with Crippen LogP contribution in [0.2, 0.25) is 0 Å².